The lowest BCUT2D eigenvalue weighted by Crippen LogP contribution is -2.13. The molecule has 0 saturated carbocycles. The molecule has 0 amide bonds. The SMILES string of the molecule is c1ccc(-c2cccc(-c3c(N(c4ccc(-c5ccccc5)c(-c5ccccc5)c4)c4ccc5sc6ccccc6c5c4)c4ccccc4c4ccccc34)c2)cc1. The zero-order valence-electron chi connectivity index (χ0n) is 31.7. The molecule has 1 heterocycles. The molecule has 0 N–H and O–H groups in total. The van der Waals surface area contributed by atoms with Crippen LogP contribution < -0.4 is 4.90 Å². The molecule has 272 valence electrons. The van der Waals surface area contributed by atoms with Crippen LogP contribution in [0.15, 0.2) is 224 Å². The van der Waals surface area contributed by atoms with Gasteiger partial charge in [-0.15, -0.1) is 11.3 Å². The Bertz CT molecular complexity index is 3270. The molecular weight excluding hydrogens is 719 g/mol. The van der Waals surface area contributed by atoms with Gasteiger partial charge in [-0.3, -0.25) is 0 Å². The highest BCUT2D eigenvalue weighted by atomic mass is 32.1. The van der Waals surface area contributed by atoms with Crippen molar-refractivity contribution in [1.29, 1.82) is 0 Å². The Morgan fingerprint density at radius 2 is 0.776 bits per heavy atom. The van der Waals surface area contributed by atoms with Gasteiger partial charge < -0.3 is 4.90 Å². The van der Waals surface area contributed by atoms with Gasteiger partial charge in [-0.1, -0.05) is 182 Å². The van der Waals surface area contributed by atoms with Crippen LogP contribution in [0, 0.1) is 0 Å². The summed E-state index contributed by atoms with van der Waals surface area (Å²) in [6.07, 6.45) is 0. The first-order chi connectivity index (χ1) is 28.8. The topological polar surface area (TPSA) is 3.24 Å². The second-order valence-electron chi connectivity index (χ2n) is 14.8. The van der Waals surface area contributed by atoms with E-state index in [1.165, 1.54) is 86.2 Å². The molecule has 1 nitrogen and oxygen atoms in total. The highest BCUT2D eigenvalue weighted by Crippen LogP contribution is 2.51. The maximum absolute atomic E-state index is 2.53. The molecule has 0 aliphatic carbocycles. The second-order valence-corrected chi connectivity index (χ2v) is 15.9. The van der Waals surface area contributed by atoms with Crippen LogP contribution in [0.1, 0.15) is 0 Å². The fourth-order valence-electron chi connectivity index (χ4n) is 8.79. The molecular formula is C56H37NS. The Hall–Kier alpha value is -7.26. The van der Waals surface area contributed by atoms with Gasteiger partial charge in [0.15, 0.2) is 0 Å². The van der Waals surface area contributed by atoms with Gasteiger partial charge in [-0.25, -0.2) is 0 Å². The molecule has 0 spiro atoms. The molecule has 10 aromatic carbocycles. The third-order valence-corrected chi connectivity index (χ3v) is 12.6. The number of anilines is 3. The number of nitrogens with zero attached hydrogens (tertiary/aromatic N) is 1. The molecule has 58 heavy (non-hydrogen) atoms. The largest absolute Gasteiger partial charge is 0.309 e. The first-order valence-electron chi connectivity index (χ1n) is 19.8. The van der Waals surface area contributed by atoms with Gasteiger partial charge in [-0.05, 0) is 97.6 Å². The van der Waals surface area contributed by atoms with Crippen molar-refractivity contribution in [2.75, 3.05) is 4.90 Å². The van der Waals surface area contributed by atoms with Gasteiger partial charge >= 0.3 is 0 Å². The average molecular weight is 756 g/mol. The van der Waals surface area contributed by atoms with Crippen LogP contribution in [-0.4, -0.2) is 0 Å². The van der Waals surface area contributed by atoms with E-state index in [-0.39, 0.29) is 0 Å². The van der Waals surface area contributed by atoms with E-state index < -0.39 is 0 Å². The molecule has 11 aromatic rings. The van der Waals surface area contributed by atoms with Crippen LogP contribution >= 0.6 is 11.3 Å². The minimum atomic E-state index is 1.10. The number of fused-ring (bicyclic) bond motifs is 6. The van der Waals surface area contributed by atoms with E-state index in [2.05, 4.69) is 229 Å². The lowest BCUT2D eigenvalue weighted by atomic mass is 9.88. The highest BCUT2D eigenvalue weighted by Gasteiger charge is 2.25. The van der Waals surface area contributed by atoms with E-state index >= 15 is 0 Å². The van der Waals surface area contributed by atoms with Gasteiger partial charge in [-0.2, -0.15) is 0 Å². The Morgan fingerprint density at radius 1 is 0.276 bits per heavy atom. The molecule has 0 atom stereocenters. The second kappa shape index (κ2) is 14.4. The van der Waals surface area contributed by atoms with Crippen LogP contribution in [0.3, 0.4) is 0 Å². The minimum absolute atomic E-state index is 1.10. The third kappa shape index (κ3) is 5.86. The van der Waals surface area contributed by atoms with Crippen molar-refractivity contribution < 1.29 is 0 Å². The lowest BCUT2D eigenvalue weighted by Gasteiger charge is -2.31. The summed E-state index contributed by atoms with van der Waals surface area (Å²) in [4.78, 5) is 2.53. The van der Waals surface area contributed by atoms with Gasteiger partial charge in [0.05, 0.1) is 5.69 Å². The van der Waals surface area contributed by atoms with Gasteiger partial charge in [0.25, 0.3) is 0 Å². The fraction of sp³-hybridized carbons (Fsp3) is 0. The van der Waals surface area contributed by atoms with Gasteiger partial charge in [0.2, 0.25) is 0 Å². The molecule has 0 unspecified atom stereocenters. The summed E-state index contributed by atoms with van der Waals surface area (Å²) in [6, 6.07) is 82.2. The van der Waals surface area contributed by atoms with Crippen molar-refractivity contribution in [2.24, 2.45) is 0 Å². The predicted molar refractivity (Wildman–Crippen MR) is 251 cm³/mol. The summed E-state index contributed by atoms with van der Waals surface area (Å²) >= 11 is 1.86. The van der Waals surface area contributed by atoms with E-state index in [4.69, 9.17) is 0 Å². The number of benzene rings is 10. The van der Waals surface area contributed by atoms with Crippen molar-refractivity contribution in [3.05, 3.63) is 224 Å². The van der Waals surface area contributed by atoms with E-state index in [0.717, 1.165) is 17.1 Å². The molecule has 1 aromatic heterocycles. The number of thiophene rings is 1. The van der Waals surface area contributed by atoms with E-state index in [1.807, 2.05) is 11.3 Å². The van der Waals surface area contributed by atoms with E-state index in [9.17, 15) is 0 Å². The summed E-state index contributed by atoms with van der Waals surface area (Å²) < 4.78 is 2.59. The Labute approximate surface area is 342 Å². The quantitative estimate of drug-likeness (QED) is 0.146. The highest BCUT2D eigenvalue weighted by molar-refractivity contribution is 7.25. The fourth-order valence-corrected chi connectivity index (χ4v) is 9.88. The molecule has 0 saturated heterocycles. The van der Waals surface area contributed by atoms with Crippen LogP contribution in [0.25, 0.3) is 86.2 Å². The standard InChI is InChI=1S/C56H37NS/c1-4-17-38(18-5-1)41-23-16-24-42(35-41)55-49-28-12-10-25-46(49)47-26-11-13-29-50(47)56(55)57(44-32-34-54-52(37-44)48-27-14-15-30-53(48)58-54)43-31-33-45(39-19-6-2-7-20-39)51(36-43)40-21-8-3-9-22-40/h1-37H. The zero-order chi connectivity index (χ0) is 38.4. The zero-order valence-corrected chi connectivity index (χ0v) is 32.5. The Morgan fingerprint density at radius 3 is 1.50 bits per heavy atom. The maximum atomic E-state index is 2.53. The summed E-state index contributed by atoms with van der Waals surface area (Å²) in [5.41, 5.74) is 12.9. The first-order valence-corrected chi connectivity index (χ1v) is 20.7. The van der Waals surface area contributed by atoms with Crippen LogP contribution in [0.5, 0.6) is 0 Å². The van der Waals surface area contributed by atoms with Gasteiger partial charge in [0.1, 0.15) is 0 Å². The van der Waals surface area contributed by atoms with Crippen molar-refractivity contribution in [1.82, 2.24) is 0 Å². The van der Waals surface area contributed by atoms with Gasteiger partial charge in [0, 0.05) is 42.5 Å². The molecule has 0 radical (unpaired) electrons. The molecule has 0 aliphatic heterocycles. The van der Waals surface area contributed by atoms with Crippen molar-refractivity contribution in [3.63, 3.8) is 0 Å². The summed E-state index contributed by atoms with van der Waals surface area (Å²) in [5, 5.41) is 7.44. The van der Waals surface area contributed by atoms with Crippen LogP contribution in [0.4, 0.5) is 17.1 Å². The van der Waals surface area contributed by atoms with Crippen LogP contribution in [-0.2, 0) is 0 Å². The van der Waals surface area contributed by atoms with Crippen molar-refractivity contribution in [2.45, 2.75) is 0 Å². The molecule has 0 bridgehead atoms. The molecule has 2 heteroatoms. The predicted octanol–water partition coefficient (Wildman–Crippen LogP) is 16.5. The first kappa shape index (κ1) is 34.0. The number of hydrogen-bond acceptors (Lipinski definition) is 2. The van der Waals surface area contributed by atoms with Crippen molar-refractivity contribution in [3.8, 4) is 44.5 Å². The number of hydrogen-bond donors (Lipinski definition) is 0. The van der Waals surface area contributed by atoms with Crippen LogP contribution in [0.2, 0.25) is 0 Å². The molecule has 0 aliphatic rings. The average Bonchev–Trinajstić information content (AvgIpc) is 3.68. The Kier molecular flexibility index (Phi) is 8.42. The smallest absolute Gasteiger partial charge is 0.0624 e. The lowest BCUT2D eigenvalue weighted by molar-refractivity contribution is 1.31. The molecule has 11 rings (SSSR count). The Balaban J connectivity index is 1.27. The normalized spacial score (nSPS) is 11.4. The number of rotatable bonds is 7. The monoisotopic (exact) mass is 755 g/mol. The summed E-state index contributed by atoms with van der Waals surface area (Å²) in [7, 11) is 0. The summed E-state index contributed by atoms with van der Waals surface area (Å²) in [6.45, 7) is 0. The third-order valence-electron chi connectivity index (χ3n) is 11.4. The van der Waals surface area contributed by atoms with E-state index in [1.54, 1.807) is 0 Å². The minimum Gasteiger partial charge on any atom is -0.309 e. The summed E-state index contributed by atoms with van der Waals surface area (Å²) in [5.74, 6) is 0. The van der Waals surface area contributed by atoms with Crippen molar-refractivity contribution >= 4 is 70.1 Å². The maximum Gasteiger partial charge on any atom is 0.0624 e. The molecule has 0 fully saturated rings. The van der Waals surface area contributed by atoms with E-state index in [0.29, 0.717) is 0 Å².